The summed E-state index contributed by atoms with van der Waals surface area (Å²) in [6, 6.07) is 7.26. The van der Waals surface area contributed by atoms with Gasteiger partial charge in [0.2, 0.25) is 5.95 Å². The summed E-state index contributed by atoms with van der Waals surface area (Å²) in [5.41, 5.74) is 1.59. The number of hydrogen-bond donors (Lipinski definition) is 2. The number of nitrogens with zero attached hydrogens (tertiary/aromatic N) is 4. The first-order chi connectivity index (χ1) is 13.7. The third kappa shape index (κ3) is 3.79. The Hall–Kier alpha value is -3.07. The first kappa shape index (κ1) is 18.3. The van der Waals surface area contributed by atoms with Gasteiger partial charge in [-0.3, -0.25) is 14.8 Å². The predicted octanol–water partition coefficient (Wildman–Crippen LogP) is 1.64. The number of nitrogens with one attached hydrogen (secondary N) is 2. The Balaban J connectivity index is 1.50. The molecule has 1 aliphatic heterocycles. The summed E-state index contributed by atoms with van der Waals surface area (Å²) in [6.45, 7) is 3.31. The Labute approximate surface area is 162 Å². The zero-order valence-corrected chi connectivity index (χ0v) is 16.1. The van der Waals surface area contributed by atoms with Crippen LogP contribution in [0.5, 0.6) is 11.5 Å². The molecule has 3 heterocycles. The van der Waals surface area contributed by atoms with Crippen LogP contribution >= 0.6 is 0 Å². The van der Waals surface area contributed by atoms with Gasteiger partial charge in [0.25, 0.3) is 11.3 Å². The quantitative estimate of drug-likeness (QED) is 0.639. The van der Waals surface area contributed by atoms with Crippen LogP contribution in [0, 0.1) is 0 Å². The number of aromatic amines is 1. The van der Waals surface area contributed by atoms with E-state index < -0.39 is 0 Å². The number of likely N-dealkylation sites (tertiary alicyclic amines) is 1. The molecule has 0 unspecified atom stereocenters. The molecule has 2 N–H and O–H groups in total. The molecule has 0 saturated carbocycles. The van der Waals surface area contributed by atoms with Crippen LogP contribution in [0.4, 0.5) is 5.95 Å². The van der Waals surface area contributed by atoms with Gasteiger partial charge in [-0.15, -0.1) is 0 Å². The number of rotatable bonds is 7. The number of anilines is 1. The molecule has 148 valence electrons. The smallest absolute Gasteiger partial charge is 0.274 e. The van der Waals surface area contributed by atoms with Crippen LogP contribution in [0.3, 0.4) is 0 Å². The van der Waals surface area contributed by atoms with E-state index >= 15 is 0 Å². The van der Waals surface area contributed by atoms with E-state index in [0.717, 1.165) is 24.3 Å². The fourth-order valence-corrected chi connectivity index (χ4v) is 3.43. The summed E-state index contributed by atoms with van der Waals surface area (Å²) in [7, 11) is 3.21. The molecule has 0 amide bonds. The molecule has 1 aliphatic rings. The maximum Gasteiger partial charge on any atom is 0.274 e. The van der Waals surface area contributed by atoms with Gasteiger partial charge in [-0.05, 0) is 43.6 Å². The molecule has 28 heavy (non-hydrogen) atoms. The van der Waals surface area contributed by atoms with Crippen molar-refractivity contribution in [2.45, 2.75) is 25.9 Å². The van der Waals surface area contributed by atoms with Crippen LogP contribution in [0.1, 0.15) is 24.1 Å². The topological polar surface area (TPSA) is 96.8 Å². The molecule has 3 aromatic rings. The van der Waals surface area contributed by atoms with Crippen molar-refractivity contribution >= 4 is 11.7 Å². The summed E-state index contributed by atoms with van der Waals surface area (Å²) in [5, 5.41) is 6.14. The molecule has 2 aromatic heterocycles. The van der Waals surface area contributed by atoms with E-state index in [1.54, 1.807) is 20.3 Å². The summed E-state index contributed by atoms with van der Waals surface area (Å²) in [5.74, 6) is 2.20. The minimum Gasteiger partial charge on any atom is -0.493 e. The van der Waals surface area contributed by atoms with Crippen molar-refractivity contribution in [3.05, 3.63) is 45.9 Å². The van der Waals surface area contributed by atoms with E-state index in [1.165, 1.54) is 17.4 Å². The van der Waals surface area contributed by atoms with Crippen molar-refractivity contribution in [1.29, 1.82) is 0 Å². The maximum atomic E-state index is 12.4. The molecule has 1 aromatic carbocycles. The van der Waals surface area contributed by atoms with Gasteiger partial charge in [0, 0.05) is 19.2 Å². The van der Waals surface area contributed by atoms with Gasteiger partial charge in [0.15, 0.2) is 11.5 Å². The van der Waals surface area contributed by atoms with Gasteiger partial charge < -0.3 is 14.8 Å². The lowest BCUT2D eigenvalue weighted by Gasteiger charge is -2.12. The van der Waals surface area contributed by atoms with Crippen molar-refractivity contribution in [2.24, 2.45) is 0 Å². The molecular weight excluding hydrogens is 360 g/mol. The molecule has 0 spiro atoms. The number of aromatic nitrogens is 4. The van der Waals surface area contributed by atoms with Crippen molar-refractivity contribution in [3.8, 4) is 11.5 Å². The van der Waals surface area contributed by atoms with Crippen LogP contribution in [0.25, 0.3) is 5.78 Å². The first-order valence-corrected chi connectivity index (χ1v) is 9.32. The molecule has 1 saturated heterocycles. The number of methoxy groups -OCH3 is 2. The number of ether oxygens (including phenoxy) is 2. The van der Waals surface area contributed by atoms with E-state index in [0.29, 0.717) is 36.3 Å². The monoisotopic (exact) mass is 384 g/mol. The lowest BCUT2D eigenvalue weighted by atomic mass is 10.2. The standard InChI is InChI=1S/C19H24N6O3/c1-27-15-6-5-13(9-16(15)28-2)11-20-18-22-19-21-14(10-17(26)25(19)23-18)12-24-7-3-4-8-24/h5-6,9-10H,3-4,7-8,11-12H2,1-2H3,(H2,20,21,22,23). The molecule has 0 bridgehead atoms. The second kappa shape index (κ2) is 7.89. The van der Waals surface area contributed by atoms with E-state index in [9.17, 15) is 4.79 Å². The van der Waals surface area contributed by atoms with E-state index in [1.807, 2.05) is 18.2 Å². The summed E-state index contributed by atoms with van der Waals surface area (Å²) in [6.07, 6.45) is 2.40. The third-order valence-corrected chi connectivity index (χ3v) is 4.88. The van der Waals surface area contributed by atoms with Crippen molar-refractivity contribution in [2.75, 3.05) is 32.6 Å². The normalized spacial score (nSPS) is 14.5. The van der Waals surface area contributed by atoms with Gasteiger partial charge in [0.1, 0.15) is 0 Å². The fraction of sp³-hybridized carbons (Fsp3) is 0.421. The number of fused-ring (bicyclic) bond motifs is 1. The Bertz CT molecular complexity index is 1020. The Kier molecular flexibility index (Phi) is 5.16. The van der Waals surface area contributed by atoms with Crippen LogP contribution in [0.15, 0.2) is 29.1 Å². The molecule has 9 heteroatoms. The number of hydrogen-bond acceptors (Lipinski definition) is 7. The highest BCUT2D eigenvalue weighted by Crippen LogP contribution is 2.27. The average Bonchev–Trinajstić information content (AvgIpc) is 3.36. The van der Waals surface area contributed by atoms with Crippen LogP contribution in [-0.2, 0) is 13.1 Å². The number of H-pyrrole nitrogens is 1. The number of benzene rings is 1. The van der Waals surface area contributed by atoms with E-state index in [-0.39, 0.29) is 5.56 Å². The molecular formula is C19H24N6O3. The molecule has 9 nitrogen and oxygen atoms in total. The van der Waals surface area contributed by atoms with Crippen LogP contribution < -0.4 is 20.3 Å². The highest BCUT2D eigenvalue weighted by Gasteiger charge is 2.15. The Morgan fingerprint density at radius 1 is 1.11 bits per heavy atom. The summed E-state index contributed by atoms with van der Waals surface area (Å²) >= 11 is 0. The maximum absolute atomic E-state index is 12.4. The van der Waals surface area contributed by atoms with E-state index in [4.69, 9.17) is 9.47 Å². The molecule has 0 radical (unpaired) electrons. The summed E-state index contributed by atoms with van der Waals surface area (Å²) in [4.78, 5) is 23.6. The van der Waals surface area contributed by atoms with E-state index in [2.05, 4.69) is 25.3 Å². The fourth-order valence-electron chi connectivity index (χ4n) is 3.43. The van der Waals surface area contributed by atoms with Crippen molar-refractivity contribution < 1.29 is 9.47 Å². The van der Waals surface area contributed by atoms with Gasteiger partial charge in [-0.25, -0.2) is 4.98 Å². The zero-order valence-electron chi connectivity index (χ0n) is 16.1. The highest BCUT2D eigenvalue weighted by molar-refractivity contribution is 5.44. The minimum atomic E-state index is -0.161. The minimum absolute atomic E-state index is 0.161. The van der Waals surface area contributed by atoms with Crippen molar-refractivity contribution in [3.63, 3.8) is 0 Å². The second-order valence-electron chi connectivity index (χ2n) is 6.82. The first-order valence-electron chi connectivity index (χ1n) is 9.32. The second-order valence-corrected chi connectivity index (χ2v) is 6.82. The van der Waals surface area contributed by atoms with Crippen molar-refractivity contribution in [1.82, 2.24) is 24.5 Å². The molecule has 4 rings (SSSR count). The molecule has 1 fully saturated rings. The molecule has 0 aliphatic carbocycles. The van der Waals surface area contributed by atoms with Gasteiger partial charge >= 0.3 is 0 Å². The predicted molar refractivity (Wildman–Crippen MR) is 105 cm³/mol. The van der Waals surface area contributed by atoms with Gasteiger partial charge in [0.05, 0.1) is 19.9 Å². The lowest BCUT2D eigenvalue weighted by Crippen LogP contribution is -2.22. The SMILES string of the molecule is COc1ccc(CNc2nc3nc(CN4CCCC4)cc(=O)n3[nH]2)cc1OC. The average molecular weight is 384 g/mol. The third-order valence-electron chi connectivity index (χ3n) is 4.88. The van der Waals surface area contributed by atoms with Gasteiger partial charge in [-0.1, -0.05) is 6.07 Å². The largest absolute Gasteiger partial charge is 0.493 e. The summed E-state index contributed by atoms with van der Waals surface area (Å²) < 4.78 is 11.9. The van der Waals surface area contributed by atoms with Gasteiger partial charge in [-0.2, -0.15) is 9.50 Å². The zero-order chi connectivity index (χ0) is 19.5. The highest BCUT2D eigenvalue weighted by atomic mass is 16.5. The lowest BCUT2D eigenvalue weighted by molar-refractivity contribution is 0.327. The van der Waals surface area contributed by atoms with Crippen LogP contribution in [-0.4, -0.2) is 51.8 Å². The molecule has 0 atom stereocenters. The van der Waals surface area contributed by atoms with Crippen LogP contribution in [0.2, 0.25) is 0 Å². The Morgan fingerprint density at radius 3 is 2.64 bits per heavy atom. The Morgan fingerprint density at radius 2 is 1.89 bits per heavy atom.